The summed E-state index contributed by atoms with van der Waals surface area (Å²) >= 11 is 0. The van der Waals surface area contributed by atoms with Gasteiger partial charge < -0.3 is 10.1 Å². The molecule has 5 nitrogen and oxygen atoms in total. The van der Waals surface area contributed by atoms with Crippen molar-refractivity contribution in [3.05, 3.63) is 23.8 Å². The maximum absolute atomic E-state index is 12.4. The van der Waals surface area contributed by atoms with E-state index < -0.39 is 10.0 Å². The molecule has 1 fully saturated rings. The summed E-state index contributed by atoms with van der Waals surface area (Å²) in [6.07, 6.45) is 2.78. The number of ether oxygens (including phenoxy) is 1. The zero-order chi connectivity index (χ0) is 14.2. The Morgan fingerprint density at radius 3 is 3.05 bits per heavy atom. The van der Waals surface area contributed by atoms with Crippen LogP contribution >= 0.6 is 0 Å². The molecule has 2 atom stereocenters. The van der Waals surface area contributed by atoms with Gasteiger partial charge in [-0.15, -0.1) is 0 Å². The Morgan fingerprint density at radius 1 is 1.45 bits per heavy atom. The van der Waals surface area contributed by atoms with Crippen molar-refractivity contribution in [3.63, 3.8) is 0 Å². The van der Waals surface area contributed by atoms with E-state index in [0.29, 0.717) is 4.90 Å². The Morgan fingerprint density at radius 2 is 2.30 bits per heavy atom. The maximum Gasteiger partial charge on any atom is 0.240 e. The fraction of sp³-hybridized carbons (Fsp3) is 0.571. The molecule has 1 aromatic rings. The summed E-state index contributed by atoms with van der Waals surface area (Å²) in [5, 5.41) is 3.23. The number of hydrogen-bond acceptors (Lipinski definition) is 4. The second kappa shape index (κ2) is 5.35. The lowest BCUT2D eigenvalue weighted by molar-refractivity contribution is 0.0902. The quantitative estimate of drug-likeness (QED) is 0.883. The highest BCUT2D eigenvalue weighted by Gasteiger charge is 2.27. The molecule has 2 aliphatic rings. The van der Waals surface area contributed by atoms with E-state index >= 15 is 0 Å². The number of nitrogens with one attached hydrogen (secondary N) is 2. The van der Waals surface area contributed by atoms with E-state index in [1.54, 1.807) is 12.1 Å². The van der Waals surface area contributed by atoms with E-state index in [0.717, 1.165) is 43.7 Å². The average Bonchev–Trinajstić information content (AvgIpc) is 3.08. The summed E-state index contributed by atoms with van der Waals surface area (Å²) in [5.41, 5.74) is 2.11. The van der Waals surface area contributed by atoms with Gasteiger partial charge in [0.25, 0.3) is 0 Å². The van der Waals surface area contributed by atoms with Gasteiger partial charge in [-0.1, -0.05) is 0 Å². The first-order chi connectivity index (χ1) is 9.56. The maximum atomic E-state index is 12.4. The van der Waals surface area contributed by atoms with Crippen LogP contribution in [0.15, 0.2) is 23.1 Å². The van der Waals surface area contributed by atoms with Gasteiger partial charge in [0.1, 0.15) is 0 Å². The van der Waals surface area contributed by atoms with Gasteiger partial charge >= 0.3 is 0 Å². The molecule has 0 aliphatic carbocycles. The molecule has 2 unspecified atom stereocenters. The van der Waals surface area contributed by atoms with E-state index in [2.05, 4.69) is 10.0 Å². The number of rotatable bonds is 4. The predicted octanol–water partition coefficient (Wildman–Crippen LogP) is 1.50. The van der Waals surface area contributed by atoms with E-state index in [4.69, 9.17) is 4.74 Å². The third-order valence-corrected chi connectivity index (χ3v) is 5.52. The first kappa shape index (κ1) is 13.9. The Balaban J connectivity index is 1.77. The van der Waals surface area contributed by atoms with Gasteiger partial charge in [-0.05, 0) is 49.9 Å². The zero-order valence-electron chi connectivity index (χ0n) is 11.6. The number of hydrogen-bond donors (Lipinski definition) is 2. The smallest absolute Gasteiger partial charge is 0.240 e. The lowest BCUT2D eigenvalue weighted by Crippen LogP contribution is -2.40. The van der Waals surface area contributed by atoms with Gasteiger partial charge in [0.15, 0.2) is 0 Å². The van der Waals surface area contributed by atoms with Crippen molar-refractivity contribution in [1.82, 2.24) is 4.72 Å². The number of fused-ring (bicyclic) bond motifs is 1. The van der Waals surface area contributed by atoms with Crippen molar-refractivity contribution in [2.24, 2.45) is 0 Å². The summed E-state index contributed by atoms with van der Waals surface area (Å²) in [4.78, 5) is 0.338. The SMILES string of the molecule is CC(NS(=O)(=O)c1ccc2c(c1)CCN2)C1CCCO1. The molecule has 110 valence electrons. The fourth-order valence-electron chi connectivity index (χ4n) is 2.83. The van der Waals surface area contributed by atoms with Crippen molar-refractivity contribution >= 4 is 15.7 Å². The lowest BCUT2D eigenvalue weighted by Gasteiger charge is -2.20. The Bertz CT molecular complexity index is 594. The first-order valence-corrected chi connectivity index (χ1v) is 8.55. The van der Waals surface area contributed by atoms with Gasteiger partial charge in [-0.25, -0.2) is 13.1 Å². The summed E-state index contributed by atoms with van der Waals surface area (Å²) in [5.74, 6) is 0. The van der Waals surface area contributed by atoms with Crippen LogP contribution in [0.4, 0.5) is 5.69 Å². The number of benzene rings is 1. The monoisotopic (exact) mass is 296 g/mol. The normalized spacial score (nSPS) is 23.4. The van der Waals surface area contributed by atoms with Crippen LogP contribution in [-0.2, 0) is 21.2 Å². The summed E-state index contributed by atoms with van der Waals surface area (Å²) < 4.78 is 33.1. The molecule has 3 rings (SSSR count). The molecule has 2 aliphatic heterocycles. The highest BCUT2D eigenvalue weighted by Crippen LogP contribution is 2.25. The van der Waals surface area contributed by atoms with Crippen molar-refractivity contribution in [2.75, 3.05) is 18.5 Å². The van der Waals surface area contributed by atoms with E-state index in [1.807, 2.05) is 13.0 Å². The minimum atomic E-state index is -3.48. The largest absolute Gasteiger partial charge is 0.384 e. The van der Waals surface area contributed by atoms with Crippen molar-refractivity contribution in [3.8, 4) is 0 Å². The van der Waals surface area contributed by atoms with Gasteiger partial charge in [0.05, 0.1) is 11.0 Å². The lowest BCUT2D eigenvalue weighted by atomic mass is 10.1. The zero-order valence-corrected chi connectivity index (χ0v) is 12.4. The van der Waals surface area contributed by atoms with Crippen LogP contribution in [0.5, 0.6) is 0 Å². The topological polar surface area (TPSA) is 67.4 Å². The molecular formula is C14H20N2O3S. The molecule has 0 amide bonds. The molecule has 1 saturated heterocycles. The van der Waals surface area contributed by atoms with Crippen LogP contribution in [0.3, 0.4) is 0 Å². The van der Waals surface area contributed by atoms with Gasteiger partial charge in [0, 0.05) is 24.9 Å². The highest BCUT2D eigenvalue weighted by atomic mass is 32.2. The highest BCUT2D eigenvalue weighted by molar-refractivity contribution is 7.89. The summed E-state index contributed by atoms with van der Waals surface area (Å²) in [7, 11) is -3.48. The predicted molar refractivity (Wildman–Crippen MR) is 77.4 cm³/mol. The van der Waals surface area contributed by atoms with Gasteiger partial charge in [-0.2, -0.15) is 0 Å². The van der Waals surface area contributed by atoms with Crippen LogP contribution < -0.4 is 10.0 Å². The average molecular weight is 296 g/mol. The van der Waals surface area contributed by atoms with Crippen LogP contribution in [0.25, 0.3) is 0 Å². The van der Waals surface area contributed by atoms with Crippen molar-refractivity contribution in [1.29, 1.82) is 0 Å². The molecule has 0 radical (unpaired) electrons. The molecule has 0 aromatic heterocycles. The number of sulfonamides is 1. The van der Waals surface area contributed by atoms with Crippen molar-refractivity contribution in [2.45, 2.75) is 43.2 Å². The van der Waals surface area contributed by atoms with Crippen LogP contribution in [-0.4, -0.2) is 33.7 Å². The second-order valence-electron chi connectivity index (χ2n) is 5.46. The standard InChI is InChI=1S/C14H20N2O3S/c1-10(14-3-2-8-19-14)16-20(17,18)12-4-5-13-11(9-12)6-7-15-13/h4-5,9-10,14-16H,2-3,6-8H2,1H3. The van der Waals surface area contributed by atoms with Crippen LogP contribution in [0.1, 0.15) is 25.3 Å². The molecule has 0 saturated carbocycles. The second-order valence-corrected chi connectivity index (χ2v) is 7.17. The van der Waals surface area contributed by atoms with E-state index in [1.165, 1.54) is 0 Å². The van der Waals surface area contributed by atoms with Gasteiger partial charge in [-0.3, -0.25) is 0 Å². The van der Waals surface area contributed by atoms with E-state index in [9.17, 15) is 8.42 Å². The Hall–Kier alpha value is -1.11. The molecule has 20 heavy (non-hydrogen) atoms. The molecule has 0 bridgehead atoms. The fourth-order valence-corrected chi connectivity index (χ4v) is 4.16. The molecule has 2 heterocycles. The minimum absolute atomic E-state index is 0.0131. The summed E-state index contributed by atoms with van der Waals surface area (Å²) in [6, 6.07) is 5.06. The van der Waals surface area contributed by atoms with Crippen LogP contribution in [0.2, 0.25) is 0 Å². The van der Waals surface area contributed by atoms with Crippen LogP contribution in [0, 0.1) is 0 Å². The summed E-state index contributed by atoms with van der Waals surface area (Å²) in [6.45, 7) is 3.46. The Kier molecular flexibility index (Phi) is 3.70. The molecule has 1 aromatic carbocycles. The van der Waals surface area contributed by atoms with E-state index in [-0.39, 0.29) is 12.1 Å². The molecular weight excluding hydrogens is 276 g/mol. The minimum Gasteiger partial charge on any atom is -0.384 e. The van der Waals surface area contributed by atoms with Gasteiger partial charge in [0.2, 0.25) is 10.0 Å². The molecule has 0 spiro atoms. The molecule has 6 heteroatoms. The first-order valence-electron chi connectivity index (χ1n) is 7.07. The third-order valence-electron chi connectivity index (χ3n) is 3.96. The molecule has 2 N–H and O–H groups in total. The van der Waals surface area contributed by atoms with Crippen molar-refractivity contribution < 1.29 is 13.2 Å². The Labute approximate surface area is 119 Å². The number of anilines is 1. The third kappa shape index (κ3) is 2.68.